The van der Waals surface area contributed by atoms with E-state index in [2.05, 4.69) is 32.0 Å². The van der Waals surface area contributed by atoms with Gasteiger partial charge in [-0.1, -0.05) is 6.07 Å². The summed E-state index contributed by atoms with van der Waals surface area (Å²) in [6.07, 6.45) is 9.50. The highest BCUT2D eigenvalue weighted by atomic mass is 15.3. The van der Waals surface area contributed by atoms with Crippen LogP contribution in [0, 0.1) is 6.92 Å². The van der Waals surface area contributed by atoms with Gasteiger partial charge in [0.1, 0.15) is 11.6 Å². The monoisotopic (exact) mass is 306 g/mol. The lowest BCUT2D eigenvalue weighted by Crippen LogP contribution is -2.25. The average Bonchev–Trinajstić information content (AvgIpc) is 3.25. The lowest BCUT2D eigenvalue weighted by molar-refractivity contribution is 0.675. The highest BCUT2D eigenvalue weighted by Gasteiger charge is 2.29. The molecule has 0 bridgehead atoms. The third-order valence-corrected chi connectivity index (χ3v) is 4.23. The number of nitrogens with zero attached hydrogens (tertiary/aromatic N) is 6. The minimum atomic E-state index is 0.223. The van der Waals surface area contributed by atoms with Crippen LogP contribution < -0.4 is 4.90 Å². The summed E-state index contributed by atoms with van der Waals surface area (Å²) < 4.78 is 2.00. The second kappa shape index (κ2) is 5.79. The van der Waals surface area contributed by atoms with Crippen molar-refractivity contribution < 1.29 is 0 Å². The van der Waals surface area contributed by atoms with Gasteiger partial charge in [0.15, 0.2) is 0 Å². The van der Waals surface area contributed by atoms with Crippen molar-refractivity contribution in [3.63, 3.8) is 0 Å². The molecule has 0 radical (unpaired) electrons. The summed E-state index contributed by atoms with van der Waals surface area (Å²) >= 11 is 0. The Labute approximate surface area is 134 Å². The van der Waals surface area contributed by atoms with Crippen LogP contribution in [0.2, 0.25) is 0 Å². The summed E-state index contributed by atoms with van der Waals surface area (Å²) in [5.74, 6) is 2.61. The fraction of sp³-hybridized carbons (Fsp3) is 0.294. The zero-order valence-electron chi connectivity index (χ0n) is 13.0. The number of hydrogen-bond acceptors (Lipinski definition) is 5. The molecule has 4 rings (SSSR count). The summed E-state index contributed by atoms with van der Waals surface area (Å²) in [4.78, 5) is 20.2. The third-order valence-electron chi connectivity index (χ3n) is 4.23. The fourth-order valence-corrected chi connectivity index (χ4v) is 3.13. The molecule has 0 spiro atoms. The first-order chi connectivity index (χ1) is 11.3. The van der Waals surface area contributed by atoms with Crippen molar-refractivity contribution in [3.05, 3.63) is 60.6 Å². The molecule has 1 aliphatic rings. The van der Waals surface area contributed by atoms with E-state index in [-0.39, 0.29) is 6.04 Å². The molecule has 0 unspecified atom stereocenters. The van der Waals surface area contributed by atoms with Crippen LogP contribution in [0.1, 0.15) is 30.4 Å². The van der Waals surface area contributed by atoms with Gasteiger partial charge >= 0.3 is 0 Å². The van der Waals surface area contributed by atoms with Crippen LogP contribution in [0.15, 0.2) is 49.1 Å². The summed E-state index contributed by atoms with van der Waals surface area (Å²) in [7, 11) is 0. The van der Waals surface area contributed by atoms with Gasteiger partial charge in [-0.25, -0.2) is 19.9 Å². The molecule has 0 N–H and O–H groups in total. The van der Waals surface area contributed by atoms with E-state index in [1.807, 2.05) is 29.8 Å². The number of rotatable bonds is 3. The Balaban J connectivity index is 1.69. The van der Waals surface area contributed by atoms with Crippen molar-refractivity contribution in [3.8, 4) is 5.82 Å². The third kappa shape index (κ3) is 2.56. The summed E-state index contributed by atoms with van der Waals surface area (Å²) in [6, 6.07) is 8.22. The van der Waals surface area contributed by atoms with Crippen molar-refractivity contribution >= 4 is 5.95 Å². The molecule has 23 heavy (non-hydrogen) atoms. The highest BCUT2D eigenvalue weighted by Crippen LogP contribution is 2.33. The normalized spacial score (nSPS) is 17.6. The van der Waals surface area contributed by atoms with E-state index >= 15 is 0 Å². The average molecular weight is 306 g/mol. The Bertz CT molecular complexity index is 798. The Hall–Kier alpha value is -2.76. The van der Waals surface area contributed by atoms with E-state index in [1.165, 1.54) is 0 Å². The summed E-state index contributed by atoms with van der Waals surface area (Å²) in [5, 5.41) is 0. The largest absolute Gasteiger partial charge is 0.332 e. The zero-order chi connectivity index (χ0) is 15.6. The van der Waals surface area contributed by atoms with Crippen molar-refractivity contribution in [2.45, 2.75) is 25.8 Å². The van der Waals surface area contributed by atoms with E-state index in [0.717, 1.165) is 42.7 Å². The van der Waals surface area contributed by atoms with Crippen LogP contribution in [0.4, 0.5) is 5.95 Å². The SMILES string of the molecule is Cc1nccn1-c1cccc([C@H]2CCCN2c2ncccn2)n1. The molecule has 6 heteroatoms. The molecule has 0 aromatic carbocycles. The summed E-state index contributed by atoms with van der Waals surface area (Å²) in [5.41, 5.74) is 1.06. The lowest BCUT2D eigenvalue weighted by Gasteiger charge is -2.24. The van der Waals surface area contributed by atoms with E-state index in [4.69, 9.17) is 4.98 Å². The molecule has 116 valence electrons. The lowest BCUT2D eigenvalue weighted by atomic mass is 10.1. The number of hydrogen-bond donors (Lipinski definition) is 0. The predicted molar refractivity (Wildman–Crippen MR) is 87.4 cm³/mol. The van der Waals surface area contributed by atoms with Gasteiger partial charge < -0.3 is 4.90 Å². The van der Waals surface area contributed by atoms with Gasteiger partial charge in [0, 0.05) is 31.3 Å². The van der Waals surface area contributed by atoms with Crippen molar-refractivity contribution in [2.24, 2.45) is 0 Å². The van der Waals surface area contributed by atoms with E-state index in [0.29, 0.717) is 0 Å². The van der Waals surface area contributed by atoms with Gasteiger partial charge in [0.25, 0.3) is 0 Å². The van der Waals surface area contributed by atoms with Gasteiger partial charge in [-0.2, -0.15) is 0 Å². The molecule has 0 aliphatic carbocycles. The standard InChI is InChI=1S/C17H18N6/c1-13-18-10-12-22(13)16-7-2-5-14(21-16)15-6-3-11-23(15)17-19-8-4-9-20-17/h2,4-5,7-10,12,15H,3,6,11H2,1H3/t15-/m1/s1. The first-order valence-corrected chi connectivity index (χ1v) is 7.84. The first kappa shape index (κ1) is 13.9. The maximum atomic E-state index is 4.86. The molecule has 1 atom stereocenters. The summed E-state index contributed by atoms with van der Waals surface area (Å²) in [6.45, 7) is 2.94. The highest BCUT2D eigenvalue weighted by molar-refractivity contribution is 5.37. The molecule has 6 nitrogen and oxygen atoms in total. The first-order valence-electron chi connectivity index (χ1n) is 7.84. The minimum Gasteiger partial charge on any atom is -0.332 e. The van der Waals surface area contributed by atoms with Crippen LogP contribution in [0.25, 0.3) is 5.82 Å². The molecule has 1 fully saturated rings. The predicted octanol–water partition coefficient (Wildman–Crippen LogP) is 2.71. The number of aromatic nitrogens is 5. The number of imidazole rings is 1. The Morgan fingerprint density at radius 1 is 1.04 bits per heavy atom. The van der Waals surface area contributed by atoms with Gasteiger partial charge in [-0.3, -0.25) is 4.57 Å². The van der Waals surface area contributed by atoms with Crippen LogP contribution in [0.3, 0.4) is 0 Å². The molecule has 1 saturated heterocycles. The zero-order valence-corrected chi connectivity index (χ0v) is 13.0. The number of pyridine rings is 1. The van der Waals surface area contributed by atoms with Crippen LogP contribution >= 0.6 is 0 Å². The van der Waals surface area contributed by atoms with Crippen molar-refractivity contribution in [1.82, 2.24) is 24.5 Å². The van der Waals surface area contributed by atoms with E-state index in [1.54, 1.807) is 18.6 Å². The molecule has 3 aromatic rings. The van der Waals surface area contributed by atoms with Crippen molar-refractivity contribution in [1.29, 1.82) is 0 Å². The quantitative estimate of drug-likeness (QED) is 0.744. The molecule has 4 heterocycles. The Kier molecular flexibility index (Phi) is 3.49. The van der Waals surface area contributed by atoms with Crippen LogP contribution in [-0.2, 0) is 0 Å². The van der Waals surface area contributed by atoms with Gasteiger partial charge in [-0.15, -0.1) is 0 Å². The molecule has 0 saturated carbocycles. The topological polar surface area (TPSA) is 59.7 Å². The maximum Gasteiger partial charge on any atom is 0.225 e. The van der Waals surface area contributed by atoms with Crippen LogP contribution in [-0.4, -0.2) is 31.0 Å². The van der Waals surface area contributed by atoms with Gasteiger partial charge in [0.05, 0.1) is 11.7 Å². The van der Waals surface area contributed by atoms with E-state index < -0.39 is 0 Å². The van der Waals surface area contributed by atoms with Gasteiger partial charge in [0.2, 0.25) is 5.95 Å². The molecule has 3 aromatic heterocycles. The molecule has 0 amide bonds. The van der Waals surface area contributed by atoms with Crippen molar-refractivity contribution in [2.75, 3.05) is 11.4 Å². The molecular formula is C17H18N6. The smallest absolute Gasteiger partial charge is 0.225 e. The number of aryl methyl sites for hydroxylation is 1. The second-order valence-electron chi connectivity index (χ2n) is 5.67. The second-order valence-corrected chi connectivity index (χ2v) is 5.67. The van der Waals surface area contributed by atoms with Crippen LogP contribution in [0.5, 0.6) is 0 Å². The Morgan fingerprint density at radius 2 is 1.91 bits per heavy atom. The molecule has 1 aliphatic heterocycles. The minimum absolute atomic E-state index is 0.223. The molecular weight excluding hydrogens is 288 g/mol. The maximum absolute atomic E-state index is 4.86. The van der Waals surface area contributed by atoms with E-state index in [9.17, 15) is 0 Å². The Morgan fingerprint density at radius 3 is 2.70 bits per heavy atom. The van der Waals surface area contributed by atoms with Gasteiger partial charge in [-0.05, 0) is 38.0 Å². The number of anilines is 1. The fourth-order valence-electron chi connectivity index (χ4n) is 3.13.